The second kappa shape index (κ2) is 10.9. The van der Waals surface area contributed by atoms with Gasteiger partial charge in [0.1, 0.15) is 18.9 Å². The molecule has 0 saturated carbocycles. The molecular weight excluding hydrogens is 412 g/mol. The first-order valence-corrected chi connectivity index (χ1v) is 10.1. The van der Waals surface area contributed by atoms with Gasteiger partial charge in [-0.25, -0.2) is 9.59 Å². The Bertz CT molecular complexity index is 1110. The minimum Gasteiger partial charge on any atom is -0.467 e. The molecule has 8 heteroatoms. The van der Waals surface area contributed by atoms with E-state index in [1.165, 1.54) is 11.7 Å². The minimum absolute atomic E-state index is 0.0606. The molecule has 1 unspecified atom stereocenters. The van der Waals surface area contributed by atoms with Crippen molar-refractivity contribution in [3.63, 3.8) is 0 Å². The van der Waals surface area contributed by atoms with E-state index in [9.17, 15) is 19.2 Å². The molecule has 0 spiro atoms. The molecule has 3 aromatic rings. The maximum atomic E-state index is 12.5. The summed E-state index contributed by atoms with van der Waals surface area (Å²) in [6.07, 6.45) is 1.87. The van der Waals surface area contributed by atoms with Crippen LogP contribution in [0.5, 0.6) is 0 Å². The number of benzene rings is 2. The summed E-state index contributed by atoms with van der Waals surface area (Å²) in [4.78, 5) is 47.8. The smallest absolute Gasteiger partial charge is 0.408 e. The average molecular weight is 436 g/mol. The molecule has 0 aliphatic rings. The van der Waals surface area contributed by atoms with Gasteiger partial charge in [-0.05, 0) is 17.2 Å². The number of alkyl carbamates (subject to hydrolysis) is 1. The van der Waals surface area contributed by atoms with E-state index in [2.05, 4.69) is 5.32 Å². The SMILES string of the molecule is COC(=O)C(Cc1cn(C(=O)CCC=O)c2ccccc12)NC(=O)OCc1ccccc1. The normalized spacial score (nSPS) is 11.5. The number of nitrogens with one attached hydrogen (secondary N) is 1. The summed E-state index contributed by atoms with van der Waals surface area (Å²) in [7, 11) is 1.23. The van der Waals surface area contributed by atoms with Gasteiger partial charge in [-0.3, -0.25) is 9.36 Å². The van der Waals surface area contributed by atoms with Crippen molar-refractivity contribution in [3.8, 4) is 0 Å². The zero-order valence-corrected chi connectivity index (χ0v) is 17.7. The highest BCUT2D eigenvalue weighted by atomic mass is 16.6. The summed E-state index contributed by atoms with van der Waals surface area (Å²) in [5.41, 5.74) is 2.15. The number of para-hydroxylation sites is 1. The van der Waals surface area contributed by atoms with Crippen LogP contribution in [-0.4, -0.2) is 42.0 Å². The van der Waals surface area contributed by atoms with Crippen LogP contribution < -0.4 is 5.32 Å². The second-order valence-electron chi connectivity index (χ2n) is 7.13. The predicted octanol–water partition coefficient (Wildman–Crippen LogP) is 3.27. The van der Waals surface area contributed by atoms with E-state index in [-0.39, 0.29) is 31.8 Å². The Balaban J connectivity index is 1.78. The fraction of sp³-hybridized carbons (Fsp3) is 0.250. The predicted molar refractivity (Wildman–Crippen MR) is 117 cm³/mol. The molecule has 2 aromatic carbocycles. The molecule has 8 nitrogen and oxygen atoms in total. The van der Waals surface area contributed by atoms with Crippen LogP contribution >= 0.6 is 0 Å². The van der Waals surface area contributed by atoms with Crippen LogP contribution in [0.4, 0.5) is 4.79 Å². The van der Waals surface area contributed by atoms with E-state index < -0.39 is 18.1 Å². The number of rotatable bonds is 9. The van der Waals surface area contributed by atoms with Gasteiger partial charge in [-0.1, -0.05) is 48.5 Å². The lowest BCUT2D eigenvalue weighted by Crippen LogP contribution is -2.43. The molecule has 1 amide bonds. The highest BCUT2D eigenvalue weighted by molar-refractivity contribution is 5.95. The highest BCUT2D eigenvalue weighted by Crippen LogP contribution is 2.23. The summed E-state index contributed by atoms with van der Waals surface area (Å²) in [5, 5.41) is 3.31. The zero-order chi connectivity index (χ0) is 22.9. The summed E-state index contributed by atoms with van der Waals surface area (Å²) in [6.45, 7) is 0.0606. The molecule has 0 saturated heterocycles. The van der Waals surface area contributed by atoms with E-state index in [0.29, 0.717) is 17.4 Å². The van der Waals surface area contributed by atoms with Gasteiger partial charge in [-0.2, -0.15) is 0 Å². The molecule has 0 fully saturated rings. The molecule has 0 bridgehead atoms. The molecule has 1 heterocycles. The Morgan fingerprint density at radius 3 is 2.50 bits per heavy atom. The van der Waals surface area contributed by atoms with Crippen molar-refractivity contribution in [2.45, 2.75) is 31.9 Å². The van der Waals surface area contributed by atoms with E-state index in [1.807, 2.05) is 42.5 Å². The van der Waals surface area contributed by atoms with Crippen molar-refractivity contribution < 1.29 is 28.7 Å². The van der Waals surface area contributed by atoms with E-state index in [4.69, 9.17) is 9.47 Å². The monoisotopic (exact) mass is 436 g/mol. The molecule has 32 heavy (non-hydrogen) atoms. The van der Waals surface area contributed by atoms with Crippen LogP contribution in [-0.2, 0) is 32.1 Å². The maximum Gasteiger partial charge on any atom is 0.408 e. The number of esters is 1. The number of aromatic nitrogens is 1. The average Bonchev–Trinajstić information content (AvgIpc) is 3.19. The first-order chi connectivity index (χ1) is 15.5. The first-order valence-electron chi connectivity index (χ1n) is 10.1. The number of hydrogen-bond donors (Lipinski definition) is 1. The minimum atomic E-state index is -1.01. The summed E-state index contributed by atoms with van der Waals surface area (Å²) in [5.74, 6) is -0.866. The Morgan fingerprint density at radius 1 is 1.06 bits per heavy atom. The number of carbonyl (C=O) groups excluding carboxylic acids is 4. The fourth-order valence-electron chi connectivity index (χ4n) is 3.38. The van der Waals surface area contributed by atoms with E-state index in [0.717, 1.165) is 10.9 Å². The molecule has 166 valence electrons. The third-order valence-electron chi connectivity index (χ3n) is 4.95. The van der Waals surface area contributed by atoms with Gasteiger partial charge in [0.25, 0.3) is 0 Å². The van der Waals surface area contributed by atoms with Gasteiger partial charge in [0.15, 0.2) is 0 Å². The van der Waals surface area contributed by atoms with Crippen molar-refractivity contribution in [1.82, 2.24) is 9.88 Å². The number of hydrogen-bond acceptors (Lipinski definition) is 6. The van der Waals surface area contributed by atoms with Crippen molar-refractivity contribution in [2.24, 2.45) is 0 Å². The van der Waals surface area contributed by atoms with Gasteiger partial charge >= 0.3 is 12.1 Å². The molecule has 1 aromatic heterocycles. The van der Waals surface area contributed by atoms with Crippen LogP contribution in [0.3, 0.4) is 0 Å². The van der Waals surface area contributed by atoms with Gasteiger partial charge in [0.05, 0.1) is 12.6 Å². The van der Waals surface area contributed by atoms with Crippen LogP contribution in [0.2, 0.25) is 0 Å². The molecule has 0 aliphatic heterocycles. The second-order valence-corrected chi connectivity index (χ2v) is 7.13. The van der Waals surface area contributed by atoms with Gasteiger partial charge in [0.2, 0.25) is 5.91 Å². The largest absolute Gasteiger partial charge is 0.467 e. The summed E-state index contributed by atoms with van der Waals surface area (Å²) < 4.78 is 11.5. The van der Waals surface area contributed by atoms with Crippen LogP contribution in [0.15, 0.2) is 60.8 Å². The number of ether oxygens (including phenoxy) is 2. The van der Waals surface area contributed by atoms with E-state index in [1.54, 1.807) is 18.3 Å². The molecule has 0 aliphatic carbocycles. The third-order valence-corrected chi connectivity index (χ3v) is 4.95. The standard InChI is InChI=1S/C24H24N2O6/c1-31-23(29)20(25-24(30)32-16-17-8-3-2-4-9-17)14-18-15-26(22(28)12-7-13-27)21-11-6-5-10-19(18)21/h2-6,8-11,13,15,20H,7,12,14,16H2,1H3,(H,25,30). The Hall–Kier alpha value is -3.94. The first kappa shape index (κ1) is 22.7. The fourth-order valence-corrected chi connectivity index (χ4v) is 3.38. The zero-order valence-electron chi connectivity index (χ0n) is 17.7. The quantitative estimate of drug-likeness (QED) is 0.408. The van der Waals surface area contributed by atoms with Gasteiger partial charge in [0, 0.05) is 30.8 Å². The maximum absolute atomic E-state index is 12.5. The lowest BCUT2D eigenvalue weighted by Gasteiger charge is -2.16. The molecule has 0 radical (unpaired) electrons. The Morgan fingerprint density at radius 2 is 1.78 bits per heavy atom. The van der Waals surface area contributed by atoms with Crippen molar-refractivity contribution in [3.05, 3.63) is 71.9 Å². The van der Waals surface area contributed by atoms with Crippen molar-refractivity contribution in [1.29, 1.82) is 0 Å². The third kappa shape index (κ3) is 5.60. The highest BCUT2D eigenvalue weighted by Gasteiger charge is 2.25. The number of carbonyl (C=O) groups is 4. The van der Waals surface area contributed by atoms with E-state index >= 15 is 0 Å². The molecule has 1 atom stereocenters. The van der Waals surface area contributed by atoms with Crippen LogP contribution in [0, 0.1) is 0 Å². The lowest BCUT2D eigenvalue weighted by molar-refractivity contribution is -0.143. The molecule has 3 rings (SSSR count). The van der Waals surface area contributed by atoms with Crippen molar-refractivity contribution in [2.75, 3.05) is 7.11 Å². The van der Waals surface area contributed by atoms with Gasteiger partial charge < -0.3 is 19.6 Å². The van der Waals surface area contributed by atoms with Crippen LogP contribution in [0.25, 0.3) is 10.9 Å². The number of amides is 1. The molecule has 1 N–H and O–H groups in total. The van der Waals surface area contributed by atoms with Gasteiger partial charge in [-0.15, -0.1) is 0 Å². The Labute approximate surface area is 185 Å². The molecular formula is C24H24N2O6. The number of fused-ring (bicyclic) bond motifs is 1. The lowest BCUT2D eigenvalue weighted by atomic mass is 10.1. The van der Waals surface area contributed by atoms with Crippen LogP contribution in [0.1, 0.15) is 28.8 Å². The number of nitrogens with zero attached hydrogens (tertiary/aromatic N) is 1. The summed E-state index contributed by atoms with van der Waals surface area (Å²) >= 11 is 0. The summed E-state index contributed by atoms with van der Waals surface area (Å²) in [6, 6.07) is 15.4. The number of methoxy groups -OCH3 is 1. The van der Waals surface area contributed by atoms with Crippen molar-refractivity contribution >= 4 is 35.2 Å². The topological polar surface area (TPSA) is 104 Å². The number of aldehydes is 1. The Kier molecular flexibility index (Phi) is 7.75.